The van der Waals surface area contributed by atoms with Crippen LogP contribution in [0.15, 0.2) is 42.7 Å². The molecule has 1 fully saturated rings. The molecule has 1 saturated heterocycles. The minimum Gasteiger partial charge on any atom is -0.390 e. The minimum atomic E-state index is -0.480. The summed E-state index contributed by atoms with van der Waals surface area (Å²) >= 11 is 0. The van der Waals surface area contributed by atoms with Crippen LogP contribution in [-0.4, -0.2) is 52.1 Å². The molecule has 0 bridgehead atoms. The van der Waals surface area contributed by atoms with Crippen molar-refractivity contribution in [3.05, 3.63) is 54.1 Å². The lowest BCUT2D eigenvalue weighted by Crippen LogP contribution is -2.43. The van der Waals surface area contributed by atoms with Gasteiger partial charge in [-0.25, -0.2) is 4.39 Å². The Bertz CT molecular complexity index is 574. The minimum absolute atomic E-state index is 0.0775. The highest BCUT2D eigenvalue weighted by Gasteiger charge is 2.23. The van der Waals surface area contributed by atoms with Crippen LogP contribution in [0.25, 0.3) is 0 Å². The molecule has 118 valence electrons. The summed E-state index contributed by atoms with van der Waals surface area (Å²) in [6, 6.07) is 8.24. The first kappa shape index (κ1) is 15.1. The molecule has 0 radical (unpaired) electrons. The third kappa shape index (κ3) is 3.91. The second kappa shape index (κ2) is 7.00. The van der Waals surface area contributed by atoms with Crippen molar-refractivity contribution in [2.75, 3.05) is 26.2 Å². The van der Waals surface area contributed by atoms with Crippen LogP contribution in [0.3, 0.4) is 0 Å². The third-order valence-corrected chi connectivity index (χ3v) is 3.82. The number of aromatic nitrogens is 2. The third-order valence-electron chi connectivity index (χ3n) is 3.82. The van der Waals surface area contributed by atoms with Gasteiger partial charge in [0.25, 0.3) is 0 Å². The molecule has 0 amide bonds. The Morgan fingerprint density at radius 2 is 2.14 bits per heavy atom. The summed E-state index contributed by atoms with van der Waals surface area (Å²) in [6.07, 6.45) is 2.98. The van der Waals surface area contributed by atoms with E-state index in [1.165, 1.54) is 12.1 Å². The van der Waals surface area contributed by atoms with Crippen LogP contribution < -0.4 is 0 Å². The van der Waals surface area contributed by atoms with Gasteiger partial charge in [-0.15, -0.1) is 0 Å². The first-order valence-corrected chi connectivity index (χ1v) is 7.45. The van der Waals surface area contributed by atoms with Gasteiger partial charge in [-0.05, 0) is 23.8 Å². The van der Waals surface area contributed by atoms with Crippen molar-refractivity contribution in [1.29, 1.82) is 0 Å². The van der Waals surface area contributed by atoms with Gasteiger partial charge < -0.3 is 9.84 Å². The number of nitrogens with zero attached hydrogens (tertiary/aromatic N) is 3. The van der Waals surface area contributed by atoms with Gasteiger partial charge in [-0.3, -0.25) is 9.58 Å². The van der Waals surface area contributed by atoms with Crippen LogP contribution in [0, 0.1) is 5.82 Å². The van der Waals surface area contributed by atoms with Gasteiger partial charge >= 0.3 is 0 Å². The zero-order valence-corrected chi connectivity index (χ0v) is 12.3. The molecule has 6 heteroatoms. The van der Waals surface area contributed by atoms with Crippen LogP contribution in [0.2, 0.25) is 0 Å². The zero-order valence-electron chi connectivity index (χ0n) is 12.3. The summed E-state index contributed by atoms with van der Waals surface area (Å²) in [5, 5.41) is 14.3. The summed E-state index contributed by atoms with van der Waals surface area (Å²) in [4.78, 5) is 2.17. The van der Waals surface area contributed by atoms with Crippen LogP contribution in [0.4, 0.5) is 4.39 Å². The smallest absolute Gasteiger partial charge is 0.123 e. The highest BCUT2D eigenvalue weighted by Crippen LogP contribution is 2.22. The van der Waals surface area contributed by atoms with E-state index in [9.17, 15) is 9.50 Å². The molecular formula is C16H20FN3O2. The number of ether oxygens (including phenoxy) is 1. The Labute approximate surface area is 128 Å². The normalized spacial score (nSPS) is 20.9. The molecule has 3 rings (SSSR count). The van der Waals surface area contributed by atoms with E-state index >= 15 is 0 Å². The number of rotatable bonds is 5. The molecule has 1 aromatic heterocycles. The lowest BCUT2D eigenvalue weighted by Gasteiger charge is -2.34. The number of benzene rings is 1. The summed E-state index contributed by atoms with van der Waals surface area (Å²) in [7, 11) is 0. The zero-order chi connectivity index (χ0) is 15.4. The first-order chi connectivity index (χ1) is 10.7. The maximum absolute atomic E-state index is 13.0. The Morgan fingerprint density at radius 1 is 1.32 bits per heavy atom. The summed E-state index contributed by atoms with van der Waals surface area (Å²) in [6.45, 7) is 3.14. The van der Waals surface area contributed by atoms with E-state index in [2.05, 4.69) is 10.00 Å². The lowest BCUT2D eigenvalue weighted by atomic mass is 10.1. The van der Waals surface area contributed by atoms with Crippen molar-refractivity contribution in [3.63, 3.8) is 0 Å². The van der Waals surface area contributed by atoms with Crippen LogP contribution in [0.1, 0.15) is 11.7 Å². The van der Waals surface area contributed by atoms with Gasteiger partial charge in [0, 0.05) is 32.0 Å². The maximum Gasteiger partial charge on any atom is 0.123 e. The van der Waals surface area contributed by atoms with Crippen LogP contribution in [0.5, 0.6) is 0 Å². The highest BCUT2D eigenvalue weighted by atomic mass is 19.1. The van der Waals surface area contributed by atoms with E-state index < -0.39 is 6.10 Å². The number of hydrogen-bond donors (Lipinski definition) is 1. The quantitative estimate of drug-likeness (QED) is 0.908. The largest absolute Gasteiger partial charge is 0.390 e. The second-order valence-corrected chi connectivity index (χ2v) is 5.55. The van der Waals surface area contributed by atoms with Gasteiger partial charge in [0.05, 0.1) is 25.4 Å². The number of aliphatic hydroxyl groups excluding tert-OH is 1. The van der Waals surface area contributed by atoms with Gasteiger partial charge in [-0.1, -0.05) is 12.1 Å². The standard InChI is InChI=1S/C16H20FN3O2/c17-14-4-2-13(3-5-14)16-12-19(8-9-22-16)10-15(21)11-20-7-1-6-18-20/h1-7,15-16,21H,8-12H2/t15-,16-/m0/s1. The summed E-state index contributed by atoms with van der Waals surface area (Å²) < 4.78 is 20.5. The van der Waals surface area contributed by atoms with Crippen LogP contribution in [-0.2, 0) is 11.3 Å². The molecule has 5 nitrogen and oxygen atoms in total. The van der Waals surface area contributed by atoms with Crippen molar-refractivity contribution in [1.82, 2.24) is 14.7 Å². The average Bonchev–Trinajstić information content (AvgIpc) is 3.01. The number of aliphatic hydroxyl groups is 1. The Kier molecular flexibility index (Phi) is 4.82. The number of hydrogen-bond acceptors (Lipinski definition) is 4. The molecule has 2 aromatic rings. The first-order valence-electron chi connectivity index (χ1n) is 7.45. The van der Waals surface area contributed by atoms with Gasteiger partial charge in [0.2, 0.25) is 0 Å². The van der Waals surface area contributed by atoms with Crippen molar-refractivity contribution in [2.45, 2.75) is 18.8 Å². The predicted molar refractivity (Wildman–Crippen MR) is 79.8 cm³/mol. The van der Waals surface area contributed by atoms with E-state index in [-0.39, 0.29) is 11.9 Å². The Hall–Kier alpha value is -1.76. The molecule has 1 aliphatic heterocycles. The van der Waals surface area contributed by atoms with Crippen molar-refractivity contribution in [2.24, 2.45) is 0 Å². The topological polar surface area (TPSA) is 50.5 Å². The fourth-order valence-corrected chi connectivity index (χ4v) is 2.73. The van der Waals surface area contributed by atoms with E-state index in [4.69, 9.17) is 4.74 Å². The second-order valence-electron chi connectivity index (χ2n) is 5.55. The monoisotopic (exact) mass is 305 g/mol. The Morgan fingerprint density at radius 3 is 2.86 bits per heavy atom. The average molecular weight is 305 g/mol. The van der Waals surface area contributed by atoms with E-state index in [0.29, 0.717) is 26.2 Å². The Balaban J connectivity index is 1.55. The number of β-amino-alcohol motifs (C(OH)–C–C–N with tert-alkyl or cyclic N) is 1. The molecule has 1 aromatic carbocycles. The van der Waals surface area contributed by atoms with Crippen molar-refractivity contribution >= 4 is 0 Å². The molecule has 1 N–H and O–H groups in total. The molecule has 2 atom stereocenters. The molecule has 0 aliphatic carbocycles. The SMILES string of the molecule is O[C@@H](CN1CCO[C@H](c2ccc(F)cc2)C1)Cn1cccn1. The number of morpholine rings is 1. The lowest BCUT2D eigenvalue weighted by molar-refractivity contribution is -0.0437. The molecule has 0 unspecified atom stereocenters. The van der Waals surface area contributed by atoms with E-state index in [1.54, 1.807) is 23.0 Å². The molecule has 2 heterocycles. The molecule has 0 spiro atoms. The van der Waals surface area contributed by atoms with Crippen molar-refractivity contribution < 1.29 is 14.2 Å². The fourth-order valence-electron chi connectivity index (χ4n) is 2.73. The molecule has 0 saturated carbocycles. The van der Waals surface area contributed by atoms with Gasteiger partial charge in [0.15, 0.2) is 0 Å². The van der Waals surface area contributed by atoms with E-state index in [0.717, 1.165) is 12.1 Å². The molecule has 1 aliphatic rings. The number of halogens is 1. The summed E-state index contributed by atoms with van der Waals surface area (Å²) in [5.74, 6) is -0.244. The molecular weight excluding hydrogens is 285 g/mol. The predicted octanol–water partition coefficient (Wildman–Crippen LogP) is 1.46. The molecule has 22 heavy (non-hydrogen) atoms. The van der Waals surface area contributed by atoms with Crippen LogP contribution >= 0.6 is 0 Å². The maximum atomic E-state index is 13.0. The fraction of sp³-hybridized carbons (Fsp3) is 0.438. The van der Waals surface area contributed by atoms with Gasteiger partial charge in [0.1, 0.15) is 5.82 Å². The highest BCUT2D eigenvalue weighted by molar-refractivity contribution is 5.19. The van der Waals surface area contributed by atoms with Crippen molar-refractivity contribution in [3.8, 4) is 0 Å². The van der Waals surface area contributed by atoms with Gasteiger partial charge in [-0.2, -0.15) is 5.10 Å². The summed E-state index contributed by atoms with van der Waals surface area (Å²) in [5.41, 5.74) is 0.965. The van der Waals surface area contributed by atoms with E-state index in [1.807, 2.05) is 12.3 Å².